The predicted octanol–water partition coefficient (Wildman–Crippen LogP) is 3.74. The molecule has 0 aromatic carbocycles. The zero-order chi connectivity index (χ0) is 16.5. The first-order valence-electron chi connectivity index (χ1n) is 9.40. The van der Waals surface area contributed by atoms with Crippen LogP contribution >= 0.6 is 0 Å². The van der Waals surface area contributed by atoms with E-state index in [1.807, 2.05) is 0 Å². The molecule has 1 aliphatic rings. The van der Waals surface area contributed by atoms with Crippen molar-refractivity contribution in [2.45, 2.75) is 59.9 Å². The van der Waals surface area contributed by atoms with E-state index in [1.165, 1.54) is 38.9 Å². The molecule has 22 heavy (non-hydrogen) atoms. The lowest BCUT2D eigenvalue weighted by atomic mass is 9.95. The first kappa shape index (κ1) is 19.9. The van der Waals surface area contributed by atoms with Crippen LogP contribution in [0.2, 0.25) is 0 Å². The first-order chi connectivity index (χ1) is 10.4. The Morgan fingerprint density at radius 3 is 2.23 bits per heavy atom. The molecule has 0 bridgehead atoms. The monoisotopic (exact) mass is 312 g/mol. The highest BCUT2D eigenvalue weighted by atomic mass is 16.5. The topological polar surface area (TPSA) is 15.7 Å². The van der Waals surface area contributed by atoms with Crippen LogP contribution in [0.25, 0.3) is 0 Å². The van der Waals surface area contributed by atoms with Gasteiger partial charge in [0.1, 0.15) is 0 Å². The van der Waals surface area contributed by atoms with Gasteiger partial charge in [-0.05, 0) is 77.5 Å². The molecule has 0 radical (unpaired) electrons. The summed E-state index contributed by atoms with van der Waals surface area (Å²) >= 11 is 0. The van der Waals surface area contributed by atoms with Crippen LogP contribution in [0.3, 0.4) is 0 Å². The molecular weight excluding hydrogens is 272 g/mol. The number of likely N-dealkylation sites (N-methyl/N-ethyl adjacent to an activating group) is 1. The van der Waals surface area contributed by atoms with Gasteiger partial charge >= 0.3 is 0 Å². The average Bonchev–Trinajstić information content (AvgIpc) is 2.49. The third-order valence-electron chi connectivity index (χ3n) is 5.45. The van der Waals surface area contributed by atoms with Gasteiger partial charge in [-0.2, -0.15) is 0 Å². The fourth-order valence-electron chi connectivity index (χ4n) is 2.98. The van der Waals surface area contributed by atoms with Gasteiger partial charge in [-0.3, -0.25) is 0 Å². The molecule has 1 atom stereocenters. The van der Waals surface area contributed by atoms with E-state index in [1.54, 1.807) is 0 Å². The molecule has 1 fully saturated rings. The van der Waals surface area contributed by atoms with Crippen LogP contribution in [0.5, 0.6) is 0 Å². The maximum Gasteiger partial charge on any atom is 0.0593 e. The van der Waals surface area contributed by atoms with Crippen LogP contribution in [0.15, 0.2) is 0 Å². The Kier molecular flexibility index (Phi) is 9.62. The second kappa shape index (κ2) is 10.6. The summed E-state index contributed by atoms with van der Waals surface area (Å²) in [5, 5.41) is 0. The Bertz CT molecular complexity index is 273. The van der Waals surface area contributed by atoms with Crippen molar-refractivity contribution in [3.63, 3.8) is 0 Å². The highest BCUT2D eigenvalue weighted by Crippen LogP contribution is 2.19. The quantitative estimate of drug-likeness (QED) is 0.572. The van der Waals surface area contributed by atoms with Crippen LogP contribution in [0, 0.1) is 17.8 Å². The zero-order valence-corrected chi connectivity index (χ0v) is 16.0. The molecule has 0 aliphatic carbocycles. The minimum atomic E-state index is 0.698. The molecule has 0 N–H and O–H groups in total. The summed E-state index contributed by atoms with van der Waals surface area (Å²) in [5.74, 6) is 2.39. The van der Waals surface area contributed by atoms with Crippen molar-refractivity contribution < 1.29 is 4.74 Å². The fourth-order valence-corrected chi connectivity index (χ4v) is 2.98. The number of ether oxygens (including phenoxy) is 1. The Labute approximate surface area is 139 Å². The standard InChI is InChI=1S/C19H40N2O/c1-16(2)18(5)7-10-20(6)13-14-22-15-19-8-11-21(12-9-19)17(3)4/h16-19H,7-15H2,1-6H3. The largest absolute Gasteiger partial charge is 0.380 e. The number of hydrogen-bond donors (Lipinski definition) is 0. The normalized spacial score (nSPS) is 19.5. The number of nitrogens with zero attached hydrogens (tertiary/aromatic N) is 2. The lowest BCUT2D eigenvalue weighted by Crippen LogP contribution is -2.39. The van der Waals surface area contributed by atoms with Crippen molar-refractivity contribution in [2.75, 3.05) is 46.4 Å². The molecule has 1 saturated heterocycles. The van der Waals surface area contributed by atoms with Crippen molar-refractivity contribution in [1.82, 2.24) is 9.80 Å². The van der Waals surface area contributed by atoms with Gasteiger partial charge in [-0.1, -0.05) is 20.8 Å². The molecule has 0 spiro atoms. The molecule has 0 saturated carbocycles. The summed E-state index contributed by atoms with van der Waals surface area (Å²) in [6.45, 7) is 18.2. The third kappa shape index (κ3) is 7.94. The zero-order valence-electron chi connectivity index (χ0n) is 16.0. The molecule has 0 amide bonds. The smallest absolute Gasteiger partial charge is 0.0593 e. The molecule has 1 aliphatic heterocycles. The predicted molar refractivity (Wildman–Crippen MR) is 96.4 cm³/mol. The van der Waals surface area contributed by atoms with Gasteiger partial charge in [0.2, 0.25) is 0 Å². The molecular formula is C19H40N2O. The summed E-state index contributed by atoms with van der Waals surface area (Å²) in [4.78, 5) is 5.00. The van der Waals surface area contributed by atoms with E-state index in [0.717, 1.165) is 37.5 Å². The second-order valence-corrected chi connectivity index (χ2v) is 7.96. The van der Waals surface area contributed by atoms with Gasteiger partial charge < -0.3 is 14.5 Å². The molecule has 1 unspecified atom stereocenters. The maximum atomic E-state index is 5.93. The van der Waals surface area contributed by atoms with Gasteiger partial charge in [-0.15, -0.1) is 0 Å². The van der Waals surface area contributed by atoms with Gasteiger partial charge in [0.05, 0.1) is 6.61 Å². The SMILES string of the molecule is CC(C)C(C)CCN(C)CCOCC1CCN(C(C)C)CC1. The summed E-state index contributed by atoms with van der Waals surface area (Å²) in [6, 6.07) is 0.698. The maximum absolute atomic E-state index is 5.93. The molecule has 0 aromatic heterocycles. The van der Waals surface area contributed by atoms with Gasteiger partial charge in [0.25, 0.3) is 0 Å². The molecule has 0 aromatic rings. The highest BCUT2D eigenvalue weighted by Gasteiger charge is 2.20. The van der Waals surface area contributed by atoms with E-state index in [4.69, 9.17) is 4.74 Å². The Morgan fingerprint density at radius 2 is 1.68 bits per heavy atom. The number of piperidine rings is 1. The van der Waals surface area contributed by atoms with Gasteiger partial charge in [0, 0.05) is 19.2 Å². The van der Waals surface area contributed by atoms with E-state index in [-0.39, 0.29) is 0 Å². The van der Waals surface area contributed by atoms with Crippen molar-refractivity contribution in [2.24, 2.45) is 17.8 Å². The number of likely N-dealkylation sites (tertiary alicyclic amines) is 1. The van der Waals surface area contributed by atoms with E-state index < -0.39 is 0 Å². The number of rotatable bonds is 10. The van der Waals surface area contributed by atoms with Crippen LogP contribution in [0.4, 0.5) is 0 Å². The van der Waals surface area contributed by atoms with E-state index in [9.17, 15) is 0 Å². The molecule has 1 rings (SSSR count). The summed E-state index contributed by atoms with van der Waals surface area (Å²) in [6.07, 6.45) is 3.90. The van der Waals surface area contributed by atoms with Crippen molar-refractivity contribution in [3.8, 4) is 0 Å². The van der Waals surface area contributed by atoms with Gasteiger partial charge in [0.15, 0.2) is 0 Å². The van der Waals surface area contributed by atoms with Crippen molar-refractivity contribution in [3.05, 3.63) is 0 Å². The van der Waals surface area contributed by atoms with Crippen LogP contribution in [-0.4, -0.2) is 62.3 Å². The van der Waals surface area contributed by atoms with E-state index in [2.05, 4.69) is 51.5 Å². The minimum absolute atomic E-state index is 0.698. The van der Waals surface area contributed by atoms with E-state index in [0.29, 0.717) is 6.04 Å². The molecule has 1 heterocycles. The average molecular weight is 313 g/mol. The Balaban J connectivity index is 2.01. The Hall–Kier alpha value is -0.120. The summed E-state index contributed by atoms with van der Waals surface area (Å²) in [7, 11) is 2.22. The lowest BCUT2D eigenvalue weighted by Gasteiger charge is -2.34. The molecule has 132 valence electrons. The Morgan fingerprint density at radius 1 is 1.05 bits per heavy atom. The van der Waals surface area contributed by atoms with Gasteiger partial charge in [-0.25, -0.2) is 0 Å². The fraction of sp³-hybridized carbons (Fsp3) is 1.00. The van der Waals surface area contributed by atoms with E-state index >= 15 is 0 Å². The minimum Gasteiger partial charge on any atom is -0.380 e. The van der Waals surface area contributed by atoms with Crippen LogP contribution in [-0.2, 0) is 4.74 Å². The van der Waals surface area contributed by atoms with Crippen LogP contribution in [0.1, 0.15) is 53.9 Å². The van der Waals surface area contributed by atoms with Crippen molar-refractivity contribution >= 4 is 0 Å². The second-order valence-electron chi connectivity index (χ2n) is 7.96. The number of hydrogen-bond acceptors (Lipinski definition) is 3. The summed E-state index contributed by atoms with van der Waals surface area (Å²) in [5.41, 5.74) is 0. The third-order valence-corrected chi connectivity index (χ3v) is 5.45. The van der Waals surface area contributed by atoms with Crippen LogP contribution < -0.4 is 0 Å². The lowest BCUT2D eigenvalue weighted by molar-refractivity contribution is 0.0503. The first-order valence-corrected chi connectivity index (χ1v) is 9.40. The highest BCUT2D eigenvalue weighted by molar-refractivity contribution is 4.74. The van der Waals surface area contributed by atoms with Crippen molar-refractivity contribution in [1.29, 1.82) is 0 Å². The summed E-state index contributed by atoms with van der Waals surface area (Å²) < 4.78 is 5.93. The molecule has 3 heteroatoms. The molecule has 3 nitrogen and oxygen atoms in total.